The average molecular weight is 350 g/mol. The molecule has 5 heteroatoms. The van der Waals surface area contributed by atoms with Crippen molar-refractivity contribution in [3.8, 4) is 0 Å². The molecule has 0 saturated heterocycles. The highest BCUT2D eigenvalue weighted by Crippen LogP contribution is 2.25. The van der Waals surface area contributed by atoms with E-state index in [1.807, 2.05) is 67.6 Å². The van der Waals surface area contributed by atoms with Gasteiger partial charge < -0.3 is 9.68 Å². The fourth-order valence-corrected chi connectivity index (χ4v) is 2.83. The van der Waals surface area contributed by atoms with Gasteiger partial charge in [0.25, 0.3) is 0 Å². The van der Waals surface area contributed by atoms with Crippen molar-refractivity contribution in [3.63, 3.8) is 0 Å². The van der Waals surface area contributed by atoms with E-state index < -0.39 is 11.6 Å². The van der Waals surface area contributed by atoms with E-state index in [-0.39, 0.29) is 0 Å². The molecule has 1 atom stereocenters. The maximum atomic E-state index is 12.4. The van der Waals surface area contributed by atoms with E-state index in [4.69, 9.17) is 9.68 Å². The van der Waals surface area contributed by atoms with Crippen molar-refractivity contribution in [2.24, 2.45) is 10.3 Å². The summed E-state index contributed by atoms with van der Waals surface area (Å²) in [5, 5.41) is 8.01. The third-order valence-electron chi connectivity index (χ3n) is 4.19. The van der Waals surface area contributed by atoms with Gasteiger partial charge >= 0.3 is 5.97 Å². The smallest absolute Gasteiger partial charge is 0.377 e. The molecule has 2 aromatic carbocycles. The molecular formula is C21H22N2O3. The number of rotatable bonds is 6. The van der Waals surface area contributed by atoms with Crippen LogP contribution in [0.2, 0.25) is 0 Å². The summed E-state index contributed by atoms with van der Waals surface area (Å²) in [6.07, 6.45) is 1.63. The van der Waals surface area contributed by atoms with Crippen molar-refractivity contribution in [1.29, 1.82) is 0 Å². The highest BCUT2D eigenvalue weighted by atomic mass is 16.7. The van der Waals surface area contributed by atoms with E-state index in [9.17, 15) is 4.79 Å². The van der Waals surface area contributed by atoms with Gasteiger partial charge in [0.05, 0.1) is 11.4 Å². The molecule has 1 unspecified atom stereocenters. The van der Waals surface area contributed by atoms with Gasteiger partial charge in [0, 0.05) is 19.3 Å². The van der Waals surface area contributed by atoms with Crippen LogP contribution >= 0.6 is 0 Å². The molecule has 0 spiro atoms. The zero-order chi connectivity index (χ0) is 18.4. The molecule has 0 aliphatic carbocycles. The number of carbonyl (C=O) groups is 1. The predicted octanol–water partition coefficient (Wildman–Crippen LogP) is 3.93. The van der Waals surface area contributed by atoms with Crippen LogP contribution in [0.4, 0.5) is 0 Å². The molecule has 1 aliphatic rings. The second-order valence-corrected chi connectivity index (χ2v) is 6.69. The fraction of sp³-hybridized carbons (Fsp3) is 0.286. The van der Waals surface area contributed by atoms with Crippen molar-refractivity contribution in [2.45, 2.75) is 38.7 Å². The summed E-state index contributed by atoms with van der Waals surface area (Å²) in [7, 11) is 0. The van der Waals surface area contributed by atoms with Crippen LogP contribution in [-0.2, 0) is 27.3 Å². The molecular weight excluding hydrogens is 328 g/mol. The number of nitrogens with zero attached hydrogens (tertiary/aromatic N) is 2. The standard InChI is InChI=1S/C21H22N2O3/c1-16-15-21(2,26-22-16)20(24)25-23-19(13-17-9-5-3-6-10-17)14-18-11-7-4-8-12-18/h3-12H,13-15H2,1-2H3. The molecule has 0 saturated carbocycles. The van der Waals surface area contributed by atoms with E-state index in [0.29, 0.717) is 19.3 Å². The van der Waals surface area contributed by atoms with E-state index >= 15 is 0 Å². The molecule has 0 radical (unpaired) electrons. The van der Waals surface area contributed by atoms with Crippen molar-refractivity contribution in [3.05, 3.63) is 71.8 Å². The van der Waals surface area contributed by atoms with Crippen LogP contribution in [0.15, 0.2) is 71.0 Å². The van der Waals surface area contributed by atoms with Crippen molar-refractivity contribution in [2.75, 3.05) is 0 Å². The van der Waals surface area contributed by atoms with Crippen molar-refractivity contribution in [1.82, 2.24) is 0 Å². The Morgan fingerprint density at radius 2 is 1.62 bits per heavy atom. The minimum atomic E-state index is -1.10. The fourth-order valence-electron chi connectivity index (χ4n) is 2.83. The quantitative estimate of drug-likeness (QED) is 0.451. The van der Waals surface area contributed by atoms with E-state index in [0.717, 1.165) is 22.6 Å². The molecule has 134 valence electrons. The Kier molecular flexibility index (Phi) is 5.46. The van der Waals surface area contributed by atoms with Gasteiger partial charge in [-0.25, -0.2) is 4.79 Å². The summed E-state index contributed by atoms with van der Waals surface area (Å²) in [4.78, 5) is 22.9. The van der Waals surface area contributed by atoms with Gasteiger partial charge in [0.1, 0.15) is 0 Å². The van der Waals surface area contributed by atoms with Crippen LogP contribution in [0.1, 0.15) is 31.4 Å². The van der Waals surface area contributed by atoms with Crippen LogP contribution in [0.25, 0.3) is 0 Å². The van der Waals surface area contributed by atoms with Gasteiger partial charge in [-0.05, 0) is 25.0 Å². The van der Waals surface area contributed by atoms with Crippen molar-refractivity contribution >= 4 is 17.4 Å². The Morgan fingerprint density at radius 3 is 2.08 bits per heavy atom. The SMILES string of the molecule is CC1=NOC(C)(C(=O)ON=C(Cc2ccccc2)Cc2ccccc2)C1. The van der Waals surface area contributed by atoms with Gasteiger partial charge in [0.15, 0.2) is 0 Å². The number of hydrogen-bond donors (Lipinski definition) is 0. The van der Waals surface area contributed by atoms with Gasteiger partial charge in [-0.15, -0.1) is 0 Å². The maximum absolute atomic E-state index is 12.4. The molecule has 0 aromatic heterocycles. The zero-order valence-electron chi connectivity index (χ0n) is 15.0. The lowest BCUT2D eigenvalue weighted by atomic mass is 10.0. The van der Waals surface area contributed by atoms with Gasteiger partial charge in [0.2, 0.25) is 5.60 Å². The van der Waals surface area contributed by atoms with Crippen LogP contribution in [0.3, 0.4) is 0 Å². The van der Waals surface area contributed by atoms with Crippen LogP contribution < -0.4 is 0 Å². The molecule has 1 heterocycles. The Hall–Kier alpha value is -2.95. The minimum absolute atomic E-state index is 0.411. The molecule has 0 bridgehead atoms. The minimum Gasteiger partial charge on any atom is -0.377 e. The van der Waals surface area contributed by atoms with Crippen LogP contribution in [0, 0.1) is 0 Å². The molecule has 3 rings (SSSR count). The zero-order valence-corrected chi connectivity index (χ0v) is 15.0. The van der Waals surface area contributed by atoms with Crippen LogP contribution in [-0.4, -0.2) is 23.0 Å². The molecule has 0 fully saturated rings. The largest absolute Gasteiger partial charge is 0.381 e. The first-order valence-electron chi connectivity index (χ1n) is 8.62. The Bertz CT molecular complexity index is 772. The normalized spacial score (nSPS) is 18.6. The summed E-state index contributed by atoms with van der Waals surface area (Å²) >= 11 is 0. The van der Waals surface area contributed by atoms with E-state index in [2.05, 4.69) is 10.3 Å². The first-order valence-corrected chi connectivity index (χ1v) is 8.62. The van der Waals surface area contributed by atoms with Gasteiger partial charge in [-0.1, -0.05) is 71.0 Å². The van der Waals surface area contributed by atoms with Gasteiger partial charge in [-0.3, -0.25) is 0 Å². The molecule has 5 nitrogen and oxygen atoms in total. The van der Waals surface area contributed by atoms with E-state index in [1.165, 1.54) is 0 Å². The summed E-state index contributed by atoms with van der Waals surface area (Å²) in [6, 6.07) is 20.0. The number of hydrogen-bond acceptors (Lipinski definition) is 5. The average Bonchev–Trinajstić information content (AvgIpc) is 3.01. The van der Waals surface area contributed by atoms with Crippen LogP contribution in [0.5, 0.6) is 0 Å². The number of benzene rings is 2. The first kappa shape index (κ1) is 17.9. The first-order chi connectivity index (χ1) is 12.5. The Balaban J connectivity index is 1.73. The second-order valence-electron chi connectivity index (χ2n) is 6.69. The Morgan fingerprint density at radius 1 is 1.08 bits per heavy atom. The Labute approximate surface area is 153 Å². The lowest BCUT2D eigenvalue weighted by Gasteiger charge is -2.17. The lowest BCUT2D eigenvalue weighted by molar-refractivity contribution is -0.167. The number of carbonyl (C=O) groups excluding carboxylic acids is 1. The summed E-state index contributed by atoms with van der Waals surface area (Å²) in [5.41, 5.74) is 2.66. The molecule has 1 aliphatic heterocycles. The van der Waals surface area contributed by atoms with Crippen molar-refractivity contribution < 1.29 is 14.5 Å². The summed E-state index contributed by atoms with van der Waals surface area (Å²) in [6.45, 7) is 3.48. The highest BCUT2D eigenvalue weighted by Gasteiger charge is 2.43. The molecule has 26 heavy (non-hydrogen) atoms. The number of oxime groups is 2. The molecule has 2 aromatic rings. The highest BCUT2D eigenvalue weighted by molar-refractivity contribution is 5.93. The third-order valence-corrected chi connectivity index (χ3v) is 4.19. The summed E-state index contributed by atoms with van der Waals surface area (Å²) in [5.74, 6) is -0.531. The predicted molar refractivity (Wildman–Crippen MR) is 101 cm³/mol. The van der Waals surface area contributed by atoms with E-state index in [1.54, 1.807) is 6.92 Å². The molecule has 0 N–H and O–H groups in total. The lowest BCUT2D eigenvalue weighted by Crippen LogP contribution is -2.36. The third kappa shape index (κ3) is 4.57. The monoisotopic (exact) mass is 350 g/mol. The van der Waals surface area contributed by atoms with Gasteiger partial charge in [-0.2, -0.15) is 0 Å². The topological polar surface area (TPSA) is 60.2 Å². The molecule has 0 amide bonds. The maximum Gasteiger partial charge on any atom is 0.381 e. The second kappa shape index (κ2) is 7.95. The summed E-state index contributed by atoms with van der Waals surface area (Å²) < 4.78 is 0.